The highest BCUT2D eigenvalue weighted by molar-refractivity contribution is 6.35. The highest BCUT2D eigenvalue weighted by Gasteiger charge is 2.37. The van der Waals surface area contributed by atoms with E-state index in [0.717, 1.165) is 6.07 Å². The smallest absolute Gasteiger partial charge is 0.281 e. The van der Waals surface area contributed by atoms with Crippen molar-refractivity contribution in [3.05, 3.63) is 59.7 Å². The zero-order valence-corrected chi connectivity index (χ0v) is 12.2. The van der Waals surface area contributed by atoms with E-state index in [-0.39, 0.29) is 11.5 Å². The maximum Gasteiger partial charge on any atom is 0.281 e. The van der Waals surface area contributed by atoms with Crippen LogP contribution in [0.1, 0.15) is 11.1 Å². The first-order valence-corrected chi connectivity index (χ1v) is 6.68. The minimum Gasteiger partial charge on any atom is -0.508 e. The first kappa shape index (κ1) is 15.8. The largest absolute Gasteiger partial charge is 0.508 e. The van der Waals surface area contributed by atoms with E-state index < -0.39 is 10.9 Å². The fourth-order valence-corrected chi connectivity index (χ4v) is 2.05. The molecule has 2 aromatic rings. The lowest BCUT2D eigenvalue weighted by atomic mass is 10.1. The molecule has 0 spiro atoms. The molecule has 2 aromatic carbocycles. The number of halogens is 1. The Balaban J connectivity index is 2.43. The van der Waals surface area contributed by atoms with Crippen molar-refractivity contribution < 1.29 is 15.0 Å². The summed E-state index contributed by atoms with van der Waals surface area (Å²) in [5.41, 5.74) is 2.70. The van der Waals surface area contributed by atoms with E-state index in [2.05, 4.69) is 4.99 Å². The third-order valence-electron chi connectivity index (χ3n) is 2.98. The Morgan fingerprint density at radius 3 is 2.50 bits per heavy atom. The van der Waals surface area contributed by atoms with Crippen molar-refractivity contribution in [2.45, 2.75) is 5.00 Å². The molecule has 0 aliphatic rings. The summed E-state index contributed by atoms with van der Waals surface area (Å²) in [6.45, 7) is 0. The molecule has 7 heteroatoms. The van der Waals surface area contributed by atoms with Gasteiger partial charge in [-0.05, 0) is 12.1 Å². The van der Waals surface area contributed by atoms with Crippen LogP contribution in [0, 0.1) is 0 Å². The second kappa shape index (κ2) is 6.46. The van der Waals surface area contributed by atoms with Gasteiger partial charge in [0.15, 0.2) is 0 Å². The quantitative estimate of drug-likeness (QED) is 0.171. The van der Waals surface area contributed by atoms with E-state index in [1.54, 1.807) is 30.3 Å². The second-order valence-corrected chi connectivity index (χ2v) is 5.01. The van der Waals surface area contributed by atoms with Gasteiger partial charge in [-0.25, -0.2) is 5.84 Å². The predicted octanol–water partition coefficient (Wildman–Crippen LogP) is 1.60. The lowest BCUT2D eigenvalue weighted by Crippen LogP contribution is -2.43. The summed E-state index contributed by atoms with van der Waals surface area (Å²) in [7, 11) is 0. The van der Waals surface area contributed by atoms with Crippen LogP contribution in [0.2, 0.25) is 0 Å². The Bertz CT molecular complexity index is 706. The molecule has 0 radical (unpaired) electrons. The zero-order chi connectivity index (χ0) is 16.2. The number of nitrogens with two attached hydrogens (primary N) is 1. The van der Waals surface area contributed by atoms with Crippen LogP contribution in [0.25, 0.3) is 0 Å². The lowest BCUT2D eigenvalue weighted by molar-refractivity contribution is -0.123. The van der Waals surface area contributed by atoms with Crippen LogP contribution < -0.4 is 11.3 Å². The third kappa shape index (κ3) is 3.19. The lowest BCUT2D eigenvalue weighted by Gasteiger charge is -2.21. The van der Waals surface area contributed by atoms with Crippen molar-refractivity contribution >= 4 is 23.7 Å². The average Bonchev–Trinajstić information content (AvgIpc) is 2.53. The van der Waals surface area contributed by atoms with Crippen LogP contribution in [0.4, 0.5) is 0 Å². The maximum atomic E-state index is 12.0. The molecular weight excluding hydrogens is 306 g/mol. The number of hydrogen-bond acceptors (Lipinski definition) is 5. The second-order valence-electron chi connectivity index (χ2n) is 4.46. The molecule has 6 nitrogen and oxygen atoms in total. The van der Waals surface area contributed by atoms with Gasteiger partial charge in [0, 0.05) is 23.4 Å². The van der Waals surface area contributed by atoms with Crippen molar-refractivity contribution in [3.8, 4) is 11.5 Å². The first-order valence-electron chi connectivity index (χ1n) is 6.30. The van der Waals surface area contributed by atoms with Gasteiger partial charge in [0.25, 0.3) is 5.91 Å². The standard InChI is InChI=1S/C15H14ClN3O3/c16-15(14(22)19-17,11-4-2-1-3-5-11)18-9-10-6-7-12(20)8-13(10)21/h1-9,20-21H,17H2,(H,19,22). The Kier molecular flexibility index (Phi) is 4.65. The highest BCUT2D eigenvalue weighted by Crippen LogP contribution is 2.31. The van der Waals surface area contributed by atoms with E-state index in [1.807, 2.05) is 5.43 Å². The van der Waals surface area contributed by atoms with Crippen molar-refractivity contribution in [2.75, 3.05) is 0 Å². The number of aromatic hydroxyl groups is 2. The van der Waals surface area contributed by atoms with Crippen molar-refractivity contribution in [3.63, 3.8) is 0 Å². The summed E-state index contributed by atoms with van der Waals surface area (Å²) >= 11 is 6.33. The van der Waals surface area contributed by atoms with E-state index in [0.29, 0.717) is 11.1 Å². The number of carbonyl (C=O) groups excluding carboxylic acids is 1. The Morgan fingerprint density at radius 1 is 1.23 bits per heavy atom. The van der Waals surface area contributed by atoms with E-state index >= 15 is 0 Å². The minimum atomic E-state index is -1.76. The summed E-state index contributed by atoms with van der Waals surface area (Å²) in [6.07, 6.45) is 1.24. The fourth-order valence-electron chi connectivity index (χ4n) is 1.82. The number of phenolic OH excluding ortho intramolecular Hbond substituents is 2. The number of amides is 1. The van der Waals surface area contributed by atoms with Gasteiger partial charge >= 0.3 is 0 Å². The Morgan fingerprint density at radius 2 is 1.91 bits per heavy atom. The Labute approximate surface area is 131 Å². The number of aliphatic imine (C=N–C) groups is 1. The van der Waals surface area contributed by atoms with Crippen molar-refractivity contribution in [2.24, 2.45) is 10.8 Å². The van der Waals surface area contributed by atoms with Crippen LogP contribution in [0.15, 0.2) is 53.5 Å². The van der Waals surface area contributed by atoms with Crippen LogP contribution in [-0.4, -0.2) is 22.3 Å². The number of hydrogen-bond donors (Lipinski definition) is 4. The number of rotatable bonds is 4. The molecule has 0 aromatic heterocycles. The van der Waals surface area contributed by atoms with Crippen molar-refractivity contribution in [1.29, 1.82) is 0 Å². The van der Waals surface area contributed by atoms with Gasteiger partial charge < -0.3 is 10.2 Å². The number of nitrogens with one attached hydrogen (secondary N) is 1. The van der Waals surface area contributed by atoms with Crippen LogP contribution >= 0.6 is 11.6 Å². The highest BCUT2D eigenvalue weighted by atomic mass is 35.5. The van der Waals surface area contributed by atoms with Crippen LogP contribution in [-0.2, 0) is 9.79 Å². The summed E-state index contributed by atoms with van der Waals surface area (Å²) in [6, 6.07) is 12.4. The molecule has 22 heavy (non-hydrogen) atoms. The van der Waals surface area contributed by atoms with Crippen LogP contribution in [0.3, 0.4) is 0 Å². The third-order valence-corrected chi connectivity index (χ3v) is 3.47. The fraction of sp³-hybridized carbons (Fsp3) is 0.0667. The number of hydrazine groups is 1. The summed E-state index contributed by atoms with van der Waals surface area (Å²) < 4.78 is 0. The number of phenols is 2. The molecule has 0 fully saturated rings. The van der Waals surface area contributed by atoms with E-state index in [4.69, 9.17) is 17.4 Å². The van der Waals surface area contributed by atoms with Gasteiger partial charge in [-0.15, -0.1) is 0 Å². The summed E-state index contributed by atoms with van der Waals surface area (Å²) in [5.74, 6) is 4.18. The van der Waals surface area contributed by atoms with Gasteiger partial charge in [-0.2, -0.15) is 0 Å². The average molecular weight is 320 g/mol. The molecule has 1 amide bonds. The molecule has 0 saturated carbocycles. The Hall–Kier alpha value is -2.57. The molecule has 1 atom stereocenters. The SMILES string of the molecule is NNC(=O)C(Cl)(N=Cc1ccc(O)cc1O)c1ccccc1. The molecule has 1 unspecified atom stereocenters. The molecule has 0 heterocycles. The van der Waals surface area contributed by atoms with Gasteiger partial charge in [-0.1, -0.05) is 41.9 Å². The first-order chi connectivity index (χ1) is 10.5. The predicted molar refractivity (Wildman–Crippen MR) is 83.7 cm³/mol. The van der Waals surface area contributed by atoms with Crippen molar-refractivity contribution in [1.82, 2.24) is 5.43 Å². The minimum absolute atomic E-state index is 0.0884. The van der Waals surface area contributed by atoms with Gasteiger partial charge in [0.05, 0.1) is 0 Å². The number of carbonyl (C=O) groups is 1. The number of benzene rings is 2. The molecule has 5 N–H and O–H groups in total. The molecule has 2 rings (SSSR count). The molecular formula is C15H14ClN3O3. The molecule has 114 valence electrons. The van der Waals surface area contributed by atoms with E-state index in [1.165, 1.54) is 18.3 Å². The van der Waals surface area contributed by atoms with Gasteiger partial charge in [0.1, 0.15) is 11.5 Å². The number of nitrogens with zero attached hydrogens (tertiary/aromatic N) is 1. The monoisotopic (exact) mass is 319 g/mol. The molecule has 0 aliphatic heterocycles. The molecule has 0 bridgehead atoms. The summed E-state index contributed by atoms with van der Waals surface area (Å²) in [4.78, 5) is 14.3. The zero-order valence-electron chi connectivity index (χ0n) is 11.4. The summed E-state index contributed by atoms with van der Waals surface area (Å²) in [5, 5.41) is 19.0. The van der Waals surface area contributed by atoms with E-state index in [9.17, 15) is 15.0 Å². The van der Waals surface area contributed by atoms with Gasteiger partial charge in [0.2, 0.25) is 5.00 Å². The molecule has 0 saturated heterocycles. The number of alkyl halides is 1. The van der Waals surface area contributed by atoms with Gasteiger partial charge in [-0.3, -0.25) is 15.2 Å². The topological polar surface area (TPSA) is 108 Å². The van der Waals surface area contributed by atoms with Crippen LogP contribution in [0.5, 0.6) is 11.5 Å². The normalized spacial score (nSPS) is 13.7. The maximum absolute atomic E-state index is 12.0. The molecule has 0 aliphatic carbocycles.